The zero-order valence-corrected chi connectivity index (χ0v) is 21.5. The van der Waals surface area contributed by atoms with Gasteiger partial charge in [0.1, 0.15) is 12.1 Å². The number of carbonyl (C=O) groups is 1. The molecule has 1 aromatic heterocycles. The maximum absolute atomic E-state index is 11.3. The number of aliphatic carboxylic acids is 1. The van der Waals surface area contributed by atoms with Crippen LogP contribution >= 0.6 is 23.4 Å². The molecule has 0 amide bonds. The Morgan fingerprint density at radius 2 is 2.03 bits per heavy atom. The molecule has 0 saturated carbocycles. The number of hydrogen-bond donors (Lipinski definition) is 1. The van der Waals surface area contributed by atoms with E-state index in [4.69, 9.17) is 16.3 Å². The molecule has 0 bridgehead atoms. The van der Waals surface area contributed by atoms with E-state index >= 15 is 0 Å². The Morgan fingerprint density at radius 1 is 1.17 bits per heavy atom. The molecular formula is C27H29ClN4O3S. The van der Waals surface area contributed by atoms with Gasteiger partial charge in [0.25, 0.3) is 0 Å². The Kier molecular flexibility index (Phi) is 8.06. The third-order valence-electron chi connectivity index (χ3n) is 6.60. The number of rotatable bonds is 9. The first-order valence-corrected chi connectivity index (χ1v) is 13.6. The van der Waals surface area contributed by atoms with Crippen LogP contribution in [0.3, 0.4) is 0 Å². The third kappa shape index (κ3) is 5.83. The van der Waals surface area contributed by atoms with E-state index in [1.165, 1.54) is 11.6 Å². The molecule has 36 heavy (non-hydrogen) atoms. The monoisotopic (exact) mass is 524 g/mol. The lowest BCUT2D eigenvalue weighted by atomic mass is 10.1. The topological polar surface area (TPSA) is 78.8 Å². The van der Waals surface area contributed by atoms with E-state index in [9.17, 15) is 9.90 Å². The van der Waals surface area contributed by atoms with Crippen molar-refractivity contribution in [1.29, 1.82) is 0 Å². The summed E-state index contributed by atoms with van der Waals surface area (Å²) in [4.78, 5) is 25.1. The Labute approximate surface area is 220 Å². The first-order valence-electron chi connectivity index (χ1n) is 12.2. The van der Waals surface area contributed by atoms with Gasteiger partial charge in [-0.1, -0.05) is 29.8 Å². The van der Waals surface area contributed by atoms with E-state index < -0.39 is 5.97 Å². The Morgan fingerprint density at radius 3 is 2.86 bits per heavy atom. The van der Waals surface area contributed by atoms with Gasteiger partial charge in [-0.05, 0) is 60.5 Å². The highest BCUT2D eigenvalue weighted by Gasteiger charge is 2.24. The normalized spacial score (nSPS) is 17.1. The highest BCUT2D eigenvalue weighted by atomic mass is 35.5. The number of ether oxygens (including phenoxy) is 1. The zero-order valence-electron chi connectivity index (χ0n) is 20.0. The highest BCUT2D eigenvalue weighted by Crippen LogP contribution is 2.39. The van der Waals surface area contributed by atoms with Gasteiger partial charge >= 0.3 is 5.97 Å². The molecule has 188 valence electrons. The first-order chi connectivity index (χ1) is 17.6. The van der Waals surface area contributed by atoms with Crippen molar-refractivity contribution in [1.82, 2.24) is 14.9 Å². The fraction of sp³-hybridized carbons (Fsp3) is 0.370. The minimum atomic E-state index is -0.940. The van der Waals surface area contributed by atoms with Gasteiger partial charge in [-0.25, -0.2) is 14.8 Å². The van der Waals surface area contributed by atoms with E-state index in [0.29, 0.717) is 5.02 Å². The van der Waals surface area contributed by atoms with E-state index in [-0.39, 0.29) is 5.25 Å². The van der Waals surface area contributed by atoms with Crippen LogP contribution in [0.4, 0.5) is 11.5 Å². The molecule has 1 N–H and O–H groups in total. The van der Waals surface area contributed by atoms with Crippen molar-refractivity contribution in [3.63, 3.8) is 0 Å². The lowest BCUT2D eigenvalue weighted by Crippen LogP contribution is -2.37. The summed E-state index contributed by atoms with van der Waals surface area (Å²) in [6.45, 7) is 5.40. The van der Waals surface area contributed by atoms with Crippen LogP contribution in [-0.4, -0.2) is 71.1 Å². The van der Waals surface area contributed by atoms with Crippen LogP contribution < -0.4 is 4.90 Å². The van der Waals surface area contributed by atoms with Gasteiger partial charge in [0.15, 0.2) is 0 Å². The van der Waals surface area contributed by atoms with Crippen molar-refractivity contribution in [2.75, 3.05) is 50.0 Å². The van der Waals surface area contributed by atoms with E-state index in [1.54, 1.807) is 24.2 Å². The largest absolute Gasteiger partial charge is 0.478 e. The van der Waals surface area contributed by atoms with Gasteiger partial charge in [0, 0.05) is 47.1 Å². The second kappa shape index (κ2) is 11.6. The van der Waals surface area contributed by atoms with E-state index in [0.717, 1.165) is 86.0 Å². The lowest BCUT2D eigenvalue weighted by molar-refractivity contribution is -0.131. The predicted molar refractivity (Wildman–Crippen MR) is 146 cm³/mol. The molecule has 2 aliphatic rings. The molecule has 1 atom stereocenters. The minimum absolute atomic E-state index is 0.0800. The van der Waals surface area contributed by atoms with Crippen LogP contribution in [-0.2, 0) is 16.0 Å². The van der Waals surface area contributed by atoms with Crippen molar-refractivity contribution < 1.29 is 14.6 Å². The Bertz CT molecular complexity index is 1260. The van der Waals surface area contributed by atoms with Crippen molar-refractivity contribution in [2.24, 2.45) is 0 Å². The summed E-state index contributed by atoms with van der Waals surface area (Å²) in [5, 5.41) is 10.8. The van der Waals surface area contributed by atoms with Crippen molar-refractivity contribution >= 4 is 51.7 Å². The van der Waals surface area contributed by atoms with Gasteiger partial charge in [-0.15, -0.1) is 11.8 Å². The van der Waals surface area contributed by atoms with Gasteiger partial charge < -0.3 is 14.7 Å². The second-order valence-corrected chi connectivity index (χ2v) is 10.6. The van der Waals surface area contributed by atoms with Gasteiger partial charge in [0.2, 0.25) is 0 Å². The summed E-state index contributed by atoms with van der Waals surface area (Å²) >= 11 is 8.07. The van der Waals surface area contributed by atoms with Gasteiger partial charge in [-0.2, -0.15) is 0 Å². The average Bonchev–Trinajstić information content (AvgIpc) is 3.31. The Balaban J connectivity index is 1.39. The van der Waals surface area contributed by atoms with Crippen molar-refractivity contribution in [2.45, 2.75) is 18.1 Å². The average molecular weight is 525 g/mol. The third-order valence-corrected chi connectivity index (χ3v) is 8.15. The molecule has 3 heterocycles. The number of anilines is 2. The molecule has 7 nitrogen and oxygen atoms in total. The number of benzene rings is 2. The minimum Gasteiger partial charge on any atom is -0.478 e. The van der Waals surface area contributed by atoms with Crippen LogP contribution in [0.1, 0.15) is 22.8 Å². The number of thioether (sulfide) groups is 1. The molecule has 5 rings (SSSR count). The number of carboxylic acids is 1. The zero-order chi connectivity index (χ0) is 24.9. The summed E-state index contributed by atoms with van der Waals surface area (Å²) in [7, 11) is 0. The maximum atomic E-state index is 11.3. The first kappa shape index (κ1) is 25.0. The molecule has 3 aromatic rings. The molecule has 1 fully saturated rings. The van der Waals surface area contributed by atoms with E-state index in [1.807, 2.05) is 24.3 Å². The molecule has 2 aliphatic heterocycles. The number of aromatic nitrogens is 2. The molecule has 0 radical (unpaired) electrons. The quantitative estimate of drug-likeness (QED) is 0.305. The molecule has 1 saturated heterocycles. The van der Waals surface area contributed by atoms with Crippen LogP contribution in [0, 0.1) is 0 Å². The van der Waals surface area contributed by atoms with Gasteiger partial charge in [-0.3, -0.25) is 4.90 Å². The van der Waals surface area contributed by atoms with E-state index in [2.05, 4.69) is 31.9 Å². The van der Waals surface area contributed by atoms with Crippen LogP contribution in [0.15, 0.2) is 54.9 Å². The molecule has 0 spiro atoms. The number of halogens is 1. The van der Waals surface area contributed by atoms with Gasteiger partial charge in [0.05, 0.1) is 18.7 Å². The Hall–Kier alpha value is -2.65. The molecule has 9 heteroatoms. The number of carboxylic acid groups (broad SMARTS) is 1. The fourth-order valence-electron chi connectivity index (χ4n) is 4.78. The summed E-state index contributed by atoms with van der Waals surface area (Å²) in [5.74, 6) is 0.839. The maximum Gasteiger partial charge on any atom is 0.328 e. The predicted octanol–water partition coefficient (Wildman–Crippen LogP) is 5.11. The summed E-state index contributed by atoms with van der Waals surface area (Å²) in [6.07, 6.45) is 6.58. The standard InChI is InChI=1S/C27H29ClN4O3S/c28-21-4-2-19-8-10-32(24(19)17-21)27-22-16-20(3-5-23(22)29-18-30-27)25(6-7-26(33)34)36-15-1-9-31-11-13-35-14-12-31/h2-7,16-18,25H,1,8-15H2,(H,33,34). The van der Waals surface area contributed by atoms with Crippen molar-refractivity contribution in [3.05, 3.63) is 71.0 Å². The smallest absolute Gasteiger partial charge is 0.328 e. The molecular weight excluding hydrogens is 496 g/mol. The highest BCUT2D eigenvalue weighted by molar-refractivity contribution is 7.99. The van der Waals surface area contributed by atoms with Crippen molar-refractivity contribution in [3.8, 4) is 0 Å². The second-order valence-electron chi connectivity index (χ2n) is 8.94. The van der Waals surface area contributed by atoms with Crippen LogP contribution in [0.2, 0.25) is 5.02 Å². The van der Waals surface area contributed by atoms with Crippen LogP contribution in [0.25, 0.3) is 10.9 Å². The fourth-order valence-corrected chi connectivity index (χ4v) is 6.03. The SMILES string of the molecule is O=C(O)C=CC(SCCCN1CCOCC1)c1ccc2ncnc(N3CCc4ccc(Cl)cc43)c2c1. The molecule has 0 aliphatic carbocycles. The number of hydrogen-bond acceptors (Lipinski definition) is 7. The summed E-state index contributed by atoms with van der Waals surface area (Å²) in [6, 6.07) is 12.1. The summed E-state index contributed by atoms with van der Waals surface area (Å²) in [5.41, 5.74) is 4.23. The number of fused-ring (bicyclic) bond motifs is 2. The lowest BCUT2D eigenvalue weighted by Gasteiger charge is -2.26. The summed E-state index contributed by atoms with van der Waals surface area (Å²) < 4.78 is 5.43. The molecule has 1 unspecified atom stereocenters. The number of morpholine rings is 1. The number of nitrogens with zero attached hydrogens (tertiary/aromatic N) is 4. The van der Waals surface area contributed by atoms with Crippen LogP contribution in [0.5, 0.6) is 0 Å². The molecule has 2 aromatic carbocycles.